The van der Waals surface area contributed by atoms with Crippen LogP contribution in [0.1, 0.15) is 0 Å². The maximum atomic E-state index is 10.5. The molecule has 2 aromatic carbocycles. The zero-order valence-electron chi connectivity index (χ0n) is 16.5. The first kappa shape index (κ1) is 19.7. The van der Waals surface area contributed by atoms with Gasteiger partial charge in [-0.3, -0.25) is 10.3 Å². The molecular formula is C22H28N4O3. The van der Waals surface area contributed by atoms with Crippen LogP contribution in [0.4, 0.5) is 0 Å². The summed E-state index contributed by atoms with van der Waals surface area (Å²) < 4.78 is 15.0. The lowest BCUT2D eigenvalue weighted by atomic mass is 10.3. The van der Waals surface area contributed by atoms with E-state index in [2.05, 4.69) is 4.90 Å². The van der Waals surface area contributed by atoms with E-state index in [1.165, 1.54) is 0 Å². The molecule has 1 aliphatic rings. The SMILES string of the molecule is N=c1n(CCN2CCOCC2)c2ccccc2n1C[C@@H](O)COc1ccccc1. The van der Waals surface area contributed by atoms with Crippen molar-refractivity contribution in [2.75, 3.05) is 39.5 Å². The highest BCUT2D eigenvalue weighted by molar-refractivity contribution is 5.75. The van der Waals surface area contributed by atoms with Gasteiger partial charge in [-0.05, 0) is 24.3 Å². The lowest BCUT2D eigenvalue weighted by molar-refractivity contribution is 0.0363. The highest BCUT2D eigenvalue weighted by Crippen LogP contribution is 2.14. The van der Waals surface area contributed by atoms with Crippen LogP contribution in [0.5, 0.6) is 5.75 Å². The van der Waals surface area contributed by atoms with Crippen LogP contribution in [-0.2, 0) is 17.8 Å². The van der Waals surface area contributed by atoms with E-state index in [4.69, 9.17) is 14.9 Å². The number of aliphatic hydroxyl groups excluding tert-OH is 1. The van der Waals surface area contributed by atoms with E-state index in [-0.39, 0.29) is 6.61 Å². The minimum Gasteiger partial charge on any atom is -0.491 e. The van der Waals surface area contributed by atoms with Crippen LogP contribution in [0, 0.1) is 5.41 Å². The summed E-state index contributed by atoms with van der Waals surface area (Å²) in [5.74, 6) is 0.732. The number of benzene rings is 2. The molecule has 3 aromatic rings. The van der Waals surface area contributed by atoms with Crippen molar-refractivity contribution in [2.45, 2.75) is 19.2 Å². The molecular weight excluding hydrogens is 368 g/mol. The molecule has 1 aromatic heterocycles. The molecule has 0 radical (unpaired) electrons. The van der Waals surface area contributed by atoms with E-state index in [1.807, 2.05) is 63.7 Å². The minimum atomic E-state index is -0.706. The molecule has 2 heterocycles. The maximum Gasteiger partial charge on any atom is 0.203 e. The molecule has 1 atom stereocenters. The second-order valence-electron chi connectivity index (χ2n) is 7.31. The largest absolute Gasteiger partial charge is 0.491 e. The summed E-state index contributed by atoms with van der Waals surface area (Å²) in [4.78, 5) is 2.37. The second-order valence-corrected chi connectivity index (χ2v) is 7.31. The van der Waals surface area contributed by atoms with Gasteiger partial charge in [0.2, 0.25) is 5.62 Å². The van der Waals surface area contributed by atoms with Crippen LogP contribution >= 0.6 is 0 Å². The number of hydrogen-bond acceptors (Lipinski definition) is 5. The lowest BCUT2D eigenvalue weighted by Crippen LogP contribution is -2.39. The molecule has 4 rings (SSSR count). The van der Waals surface area contributed by atoms with Crippen LogP contribution in [0.2, 0.25) is 0 Å². The van der Waals surface area contributed by atoms with Crippen molar-refractivity contribution in [3.05, 3.63) is 60.2 Å². The highest BCUT2D eigenvalue weighted by atomic mass is 16.5. The molecule has 0 aliphatic carbocycles. The number of aliphatic hydroxyl groups is 1. The number of fused-ring (bicyclic) bond motifs is 1. The average molecular weight is 396 g/mol. The molecule has 0 bridgehead atoms. The fourth-order valence-corrected chi connectivity index (χ4v) is 3.74. The molecule has 2 N–H and O–H groups in total. The third-order valence-electron chi connectivity index (χ3n) is 5.30. The number of imidazole rings is 1. The minimum absolute atomic E-state index is 0.184. The molecule has 154 valence electrons. The number of nitrogens with one attached hydrogen (secondary N) is 1. The number of ether oxygens (including phenoxy) is 2. The Kier molecular flexibility index (Phi) is 6.29. The first-order chi connectivity index (χ1) is 14.2. The molecule has 1 saturated heterocycles. The molecule has 0 saturated carbocycles. The van der Waals surface area contributed by atoms with E-state index in [1.54, 1.807) is 0 Å². The average Bonchev–Trinajstić information content (AvgIpc) is 3.03. The zero-order valence-corrected chi connectivity index (χ0v) is 16.5. The Morgan fingerprint density at radius 3 is 2.31 bits per heavy atom. The Bertz CT molecular complexity index is 977. The van der Waals surface area contributed by atoms with Crippen molar-refractivity contribution in [3.63, 3.8) is 0 Å². The number of rotatable bonds is 8. The van der Waals surface area contributed by atoms with Crippen molar-refractivity contribution in [1.82, 2.24) is 14.0 Å². The van der Waals surface area contributed by atoms with E-state index in [0.29, 0.717) is 12.2 Å². The summed E-state index contributed by atoms with van der Waals surface area (Å²) in [6, 6.07) is 17.5. The summed E-state index contributed by atoms with van der Waals surface area (Å²) in [7, 11) is 0. The Morgan fingerprint density at radius 2 is 1.59 bits per heavy atom. The van der Waals surface area contributed by atoms with Crippen molar-refractivity contribution < 1.29 is 14.6 Å². The summed E-state index contributed by atoms with van der Waals surface area (Å²) in [6.45, 7) is 5.53. The van der Waals surface area contributed by atoms with Crippen molar-refractivity contribution in [3.8, 4) is 5.75 Å². The van der Waals surface area contributed by atoms with Gasteiger partial charge in [0.1, 0.15) is 18.5 Å². The quantitative estimate of drug-likeness (QED) is 0.608. The predicted octanol–water partition coefficient (Wildman–Crippen LogP) is 1.69. The summed E-state index contributed by atoms with van der Waals surface area (Å²) in [5.41, 5.74) is 2.37. The van der Waals surface area contributed by atoms with Crippen LogP contribution in [-0.4, -0.2) is 64.7 Å². The Labute approximate surface area is 170 Å². The van der Waals surface area contributed by atoms with Gasteiger partial charge in [-0.25, -0.2) is 0 Å². The van der Waals surface area contributed by atoms with Gasteiger partial charge in [-0.1, -0.05) is 30.3 Å². The van der Waals surface area contributed by atoms with E-state index >= 15 is 0 Å². The fourth-order valence-electron chi connectivity index (χ4n) is 3.74. The molecule has 7 nitrogen and oxygen atoms in total. The number of morpholine rings is 1. The Balaban J connectivity index is 1.48. The van der Waals surface area contributed by atoms with Gasteiger partial charge in [-0.2, -0.15) is 0 Å². The van der Waals surface area contributed by atoms with Crippen LogP contribution < -0.4 is 10.4 Å². The number of nitrogens with zero attached hydrogens (tertiary/aromatic N) is 3. The van der Waals surface area contributed by atoms with Gasteiger partial charge in [0.25, 0.3) is 0 Å². The van der Waals surface area contributed by atoms with Gasteiger partial charge in [0.05, 0.1) is 30.8 Å². The fraction of sp³-hybridized carbons (Fsp3) is 0.409. The first-order valence-corrected chi connectivity index (χ1v) is 10.1. The zero-order chi connectivity index (χ0) is 20.1. The molecule has 1 fully saturated rings. The number of para-hydroxylation sites is 3. The summed E-state index contributed by atoms with van der Waals surface area (Å²) >= 11 is 0. The van der Waals surface area contributed by atoms with Gasteiger partial charge >= 0.3 is 0 Å². The monoisotopic (exact) mass is 396 g/mol. The van der Waals surface area contributed by atoms with Crippen molar-refractivity contribution >= 4 is 11.0 Å². The highest BCUT2D eigenvalue weighted by Gasteiger charge is 2.16. The molecule has 0 spiro atoms. The molecule has 7 heteroatoms. The standard InChI is InChI=1S/C22H28N4O3/c23-22-25(11-10-24-12-14-28-15-13-24)20-8-4-5-9-21(20)26(22)16-18(27)17-29-19-6-2-1-3-7-19/h1-9,18,23,27H,10-17H2/t18-/m1/s1. The van der Waals surface area contributed by atoms with Crippen molar-refractivity contribution in [1.29, 1.82) is 5.41 Å². The van der Waals surface area contributed by atoms with E-state index in [0.717, 1.165) is 56.2 Å². The van der Waals surface area contributed by atoms with Crippen LogP contribution in [0.3, 0.4) is 0 Å². The van der Waals surface area contributed by atoms with Gasteiger partial charge in [0, 0.05) is 26.2 Å². The van der Waals surface area contributed by atoms with Crippen LogP contribution in [0.15, 0.2) is 54.6 Å². The molecule has 29 heavy (non-hydrogen) atoms. The van der Waals surface area contributed by atoms with Crippen molar-refractivity contribution in [2.24, 2.45) is 0 Å². The number of hydrogen-bond donors (Lipinski definition) is 2. The van der Waals surface area contributed by atoms with Gasteiger partial charge < -0.3 is 23.7 Å². The van der Waals surface area contributed by atoms with E-state index in [9.17, 15) is 5.11 Å². The Morgan fingerprint density at radius 1 is 0.931 bits per heavy atom. The smallest absolute Gasteiger partial charge is 0.203 e. The normalized spacial score (nSPS) is 16.2. The molecule has 0 amide bonds. The van der Waals surface area contributed by atoms with Gasteiger partial charge in [-0.15, -0.1) is 0 Å². The number of aromatic nitrogens is 2. The summed E-state index contributed by atoms with van der Waals surface area (Å²) in [5, 5.41) is 19.2. The predicted molar refractivity (Wildman–Crippen MR) is 111 cm³/mol. The van der Waals surface area contributed by atoms with Crippen LogP contribution in [0.25, 0.3) is 11.0 Å². The van der Waals surface area contributed by atoms with E-state index < -0.39 is 6.10 Å². The maximum absolute atomic E-state index is 10.5. The molecule has 0 unspecified atom stereocenters. The second kappa shape index (κ2) is 9.26. The van der Waals surface area contributed by atoms with Gasteiger partial charge in [0.15, 0.2) is 0 Å². The molecule has 1 aliphatic heterocycles. The third kappa shape index (κ3) is 4.70. The topological polar surface area (TPSA) is 75.6 Å². The first-order valence-electron chi connectivity index (χ1n) is 10.1. The summed E-state index contributed by atoms with van der Waals surface area (Å²) in [6.07, 6.45) is -0.706. The Hall–Kier alpha value is -2.61. The third-order valence-corrected chi connectivity index (χ3v) is 5.30. The lowest BCUT2D eigenvalue weighted by Gasteiger charge is -2.26.